The molecule has 9 heteroatoms. The number of rotatable bonds is 7. The molecule has 1 unspecified atom stereocenters. The minimum Gasteiger partial charge on any atom is -0.391 e. The van der Waals surface area contributed by atoms with Gasteiger partial charge in [0, 0.05) is 24.8 Å². The molecule has 1 aromatic heterocycles. The van der Waals surface area contributed by atoms with Gasteiger partial charge in [-0.3, -0.25) is 0 Å². The van der Waals surface area contributed by atoms with Crippen LogP contribution in [-0.4, -0.2) is 44.5 Å². The zero-order valence-corrected chi connectivity index (χ0v) is 12.2. The van der Waals surface area contributed by atoms with Gasteiger partial charge >= 0.3 is 5.95 Å². The van der Waals surface area contributed by atoms with Gasteiger partial charge in [-0.2, -0.15) is 0 Å². The molecule has 0 aliphatic carbocycles. The molecular formula is C8H14Br2N4O3. The molecule has 0 saturated carbocycles. The third kappa shape index (κ3) is 6.10. The zero-order valence-electron chi connectivity index (χ0n) is 8.93. The Hall–Kier alpha value is -0.510. The summed E-state index contributed by atoms with van der Waals surface area (Å²) in [5.74, 6) is -0.296. The molecule has 0 amide bonds. The number of halogens is 2. The Morgan fingerprint density at radius 3 is 2.94 bits per heavy atom. The number of hydrogen-bond acceptors (Lipinski definition) is 5. The van der Waals surface area contributed by atoms with Gasteiger partial charge in [0.25, 0.3) is 0 Å². The summed E-state index contributed by atoms with van der Waals surface area (Å²) < 4.78 is 0. The molecule has 1 atom stereocenters. The van der Waals surface area contributed by atoms with Gasteiger partial charge in [0.15, 0.2) is 5.69 Å². The second-order valence-electron chi connectivity index (χ2n) is 3.22. The van der Waals surface area contributed by atoms with Crippen molar-refractivity contribution in [1.29, 1.82) is 0 Å². The van der Waals surface area contributed by atoms with E-state index in [1.54, 1.807) is 0 Å². The first-order valence-electron chi connectivity index (χ1n) is 4.77. The van der Waals surface area contributed by atoms with Crippen LogP contribution in [-0.2, 0) is 6.42 Å². The number of nitrogens with zero attached hydrogens (tertiary/aromatic N) is 2. The molecular weight excluding hydrogens is 360 g/mol. The number of H-pyrrole nitrogens is 1. The molecule has 3 N–H and O–H groups in total. The maximum Gasteiger partial charge on any atom is 0.432 e. The van der Waals surface area contributed by atoms with Crippen molar-refractivity contribution < 1.29 is 10.0 Å². The molecule has 0 spiro atoms. The van der Waals surface area contributed by atoms with Gasteiger partial charge in [-0.15, -0.1) is 17.0 Å². The second kappa shape index (κ2) is 8.56. The van der Waals surface area contributed by atoms with E-state index in [-0.39, 0.29) is 22.9 Å². The molecule has 0 radical (unpaired) electrons. The summed E-state index contributed by atoms with van der Waals surface area (Å²) >= 11 is 3.25. The third-order valence-corrected chi connectivity index (χ3v) is 2.28. The summed E-state index contributed by atoms with van der Waals surface area (Å²) in [6.45, 7) is 1.20. The minimum atomic E-state index is -0.598. The van der Waals surface area contributed by atoms with Crippen LogP contribution in [0.15, 0.2) is 6.20 Å². The van der Waals surface area contributed by atoms with Crippen molar-refractivity contribution in [2.45, 2.75) is 12.5 Å². The van der Waals surface area contributed by atoms with Crippen molar-refractivity contribution in [2.75, 3.05) is 18.4 Å². The summed E-state index contributed by atoms with van der Waals surface area (Å²) in [5.41, 5.74) is 0.486. The van der Waals surface area contributed by atoms with E-state index < -0.39 is 11.0 Å². The molecule has 1 rings (SSSR count). The van der Waals surface area contributed by atoms with Crippen LogP contribution in [0.5, 0.6) is 0 Å². The highest BCUT2D eigenvalue weighted by Gasteiger charge is 2.15. The molecule has 0 aliphatic heterocycles. The molecule has 7 nitrogen and oxygen atoms in total. The minimum absolute atomic E-state index is 0. The Kier molecular flexibility index (Phi) is 8.30. The lowest BCUT2D eigenvalue weighted by Gasteiger charge is -2.07. The Morgan fingerprint density at radius 2 is 2.41 bits per heavy atom. The first-order chi connectivity index (χ1) is 7.63. The number of nitrogens with one attached hydrogen (secondary N) is 2. The highest BCUT2D eigenvalue weighted by molar-refractivity contribution is 9.09. The van der Waals surface area contributed by atoms with Gasteiger partial charge in [0.05, 0.1) is 6.10 Å². The van der Waals surface area contributed by atoms with Crippen molar-refractivity contribution in [2.24, 2.45) is 0 Å². The maximum atomic E-state index is 10.3. The average molecular weight is 374 g/mol. The largest absolute Gasteiger partial charge is 0.432 e. The fourth-order valence-electron chi connectivity index (χ4n) is 1.20. The lowest BCUT2D eigenvalue weighted by molar-refractivity contribution is -0.393. The van der Waals surface area contributed by atoms with Crippen LogP contribution in [0.25, 0.3) is 0 Å². The van der Waals surface area contributed by atoms with Crippen LogP contribution < -0.4 is 5.32 Å². The van der Waals surface area contributed by atoms with E-state index >= 15 is 0 Å². The first kappa shape index (κ1) is 16.5. The predicted molar refractivity (Wildman–Crippen MR) is 71.9 cm³/mol. The topological polar surface area (TPSA) is 104 Å². The quantitative estimate of drug-likeness (QED) is 0.283. The average Bonchev–Trinajstić information content (AvgIpc) is 2.66. The van der Waals surface area contributed by atoms with Crippen molar-refractivity contribution in [3.8, 4) is 0 Å². The Balaban J connectivity index is 0.00000256. The van der Waals surface area contributed by atoms with Crippen LogP contribution in [0.3, 0.4) is 0 Å². The molecule has 1 heterocycles. The smallest absolute Gasteiger partial charge is 0.391 e. The zero-order chi connectivity index (χ0) is 12.0. The van der Waals surface area contributed by atoms with Gasteiger partial charge in [-0.1, -0.05) is 20.9 Å². The van der Waals surface area contributed by atoms with Gasteiger partial charge < -0.3 is 20.5 Å². The Morgan fingerprint density at radius 1 is 1.71 bits per heavy atom. The van der Waals surface area contributed by atoms with E-state index in [2.05, 4.69) is 31.2 Å². The van der Waals surface area contributed by atoms with Gasteiger partial charge in [0.1, 0.15) is 6.20 Å². The molecule has 0 fully saturated rings. The number of imidazole rings is 1. The number of aliphatic hydroxyl groups excluding tert-OH is 1. The van der Waals surface area contributed by atoms with Gasteiger partial charge in [-0.05, 0) is 4.92 Å². The van der Waals surface area contributed by atoms with E-state index in [0.717, 1.165) is 11.9 Å². The van der Waals surface area contributed by atoms with Crippen molar-refractivity contribution in [3.05, 3.63) is 22.0 Å². The van der Waals surface area contributed by atoms with E-state index in [9.17, 15) is 15.2 Å². The number of aromatic nitrogens is 2. The maximum absolute atomic E-state index is 10.3. The lowest BCUT2D eigenvalue weighted by Crippen LogP contribution is -2.29. The molecule has 0 bridgehead atoms. The van der Waals surface area contributed by atoms with Crippen molar-refractivity contribution >= 4 is 38.9 Å². The van der Waals surface area contributed by atoms with Gasteiger partial charge in [0.2, 0.25) is 0 Å². The highest BCUT2D eigenvalue weighted by atomic mass is 79.9. The Bertz CT molecular complexity index is 347. The molecule has 98 valence electrons. The van der Waals surface area contributed by atoms with E-state index in [0.29, 0.717) is 18.7 Å². The summed E-state index contributed by atoms with van der Waals surface area (Å²) in [6, 6.07) is 0. The lowest BCUT2D eigenvalue weighted by atomic mass is 10.2. The number of nitro groups is 1. The third-order valence-electron chi connectivity index (χ3n) is 1.89. The fourth-order valence-corrected chi connectivity index (χ4v) is 1.48. The second-order valence-corrected chi connectivity index (χ2v) is 4.02. The molecule has 17 heavy (non-hydrogen) atoms. The molecule has 0 aromatic carbocycles. The summed E-state index contributed by atoms with van der Waals surface area (Å²) in [5, 5.41) is 23.7. The van der Waals surface area contributed by atoms with E-state index in [1.165, 1.54) is 6.20 Å². The number of aromatic amines is 1. The standard InChI is InChI=1S/C8H13BrN4O3.BrH/c9-1-2-10-5-7(14)3-6-4-11-8(12-6)13(15)16;/h4,7,10,14H,1-3,5H2,(H,11,12);1H. The highest BCUT2D eigenvalue weighted by Crippen LogP contribution is 2.06. The number of alkyl halides is 1. The van der Waals surface area contributed by atoms with Crippen LogP contribution in [0.1, 0.15) is 5.69 Å². The van der Waals surface area contributed by atoms with Crippen LogP contribution in [0.2, 0.25) is 0 Å². The van der Waals surface area contributed by atoms with E-state index in [4.69, 9.17) is 0 Å². The molecule has 0 saturated heterocycles. The summed E-state index contributed by atoms with van der Waals surface area (Å²) in [6.07, 6.45) is 1.13. The van der Waals surface area contributed by atoms with Crippen molar-refractivity contribution in [1.82, 2.24) is 15.3 Å². The van der Waals surface area contributed by atoms with Crippen LogP contribution >= 0.6 is 32.9 Å². The van der Waals surface area contributed by atoms with Crippen LogP contribution in [0, 0.1) is 10.1 Å². The van der Waals surface area contributed by atoms with Crippen molar-refractivity contribution in [3.63, 3.8) is 0 Å². The normalized spacial score (nSPS) is 11.9. The first-order valence-corrected chi connectivity index (χ1v) is 5.89. The monoisotopic (exact) mass is 372 g/mol. The number of aliphatic hydroxyl groups is 1. The van der Waals surface area contributed by atoms with Crippen LogP contribution in [0.4, 0.5) is 5.95 Å². The summed E-state index contributed by atoms with van der Waals surface area (Å²) in [4.78, 5) is 15.9. The Labute approximate surface area is 117 Å². The molecule has 1 aromatic rings. The SMILES string of the molecule is Br.O=[N+]([O-])c1nc(CC(O)CNCCBr)c[nH]1. The molecule has 0 aliphatic rings. The fraction of sp³-hybridized carbons (Fsp3) is 0.625. The summed E-state index contributed by atoms with van der Waals surface area (Å²) in [7, 11) is 0. The van der Waals surface area contributed by atoms with Gasteiger partial charge in [-0.25, -0.2) is 4.98 Å². The number of hydrogen-bond donors (Lipinski definition) is 3. The predicted octanol–water partition coefficient (Wildman–Crippen LogP) is 0.784. The van der Waals surface area contributed by atoms with E-state index in [1.807, 2.05) is 0 Å².